The first-order chi connectivity index (χ1) is 21.9. The van der Waals surface area contributed by atoms with Gasteiger partial charge >= 0.3 is 35.8 Å². The number of rotatable bonds is 11. The summed E-state index contributed by atoms with van der Waals surface area (Å²) < 4.78 is 39.9. The van der Waals surface area contributed by atoms with E-state index in [-0.39, 0.29) is 47.0 Å². The van der Waals surface area contributed by atoms with Crippen molar-refractivity contribution in [3.63, 3.8) is 0 Å². The fourth-order valence-corrected chi connectivity index (χ4v) is 7.47. The number of carbonyl (C=O) groups excluding carboxylic acids is 7. The molecular formula is C33H42O14. The van der Waals surface area contributed by atoms with Gasteiger partial charge in [-0.3, -0.25) is 33.6 Å². The van der Waals surface area contributed by atoms with Crippen molar-refractivity contribution in [2.24, 2.45) is 11.3 Å². The molecule has 1 aromatic carbocycles. The van der Waals surface area contributed by atoms with E-state index >= 15 is 0 Å². The van der Waals surface area contributed by atoms with E-state index in [0.29, 0.717) is 25.7 Å². The minimum Gasteiger partial charge on any atom is -0.467 e. The summed E-state index contributed by atoms with van der Waals surface area (Å²) in [5.74, 6) is -6.00. The van der Waals surface area contributed by atoms with E-state index in [1.807, 2.05) is 13.8 Å². The molecule has 14 nitrogen and oxygen atoms in total. The number of esters is 6. The lowest BCUT2D eigenvalue weighted by Gasteiger charge is -2.58. The van der Waals surface area contributed by atoms with Gasteiger partial charge in [0.05, 0.1) is 6.61 Å². The van der Waals surface area contributed by atoms with E-state index in [4.69, 9.17) is 33.2 Å². The van der Waals surface area contributed by atoms with E-state index < -0.39 is 70.9 Å². The SMILES string of the molecule is CC(=O)Oc1c(CC(C)OC(C)=O)c(OC(C)=O)c2c(c1OC(C)=O)[C@@]1(C)CCC[C@](C)(COC=O)[C@@H]1[C@H](OC(C)=O)C2OC(C)=O. The van der Waals surface area contributed by atoms with E-state index in [1.54, 1.807) is 6.92 Å². The Hall–Kier alpha value is -4.49. The maximum atomic E-state index is 12.8. The van der Waals surface area contributed by atoms with Crippen LogP contribution in [0.5, 0.6) is 17.2 Å². The summed E-state index contributed by atoms with van der Waals surface area (Å²) in [5.41, 5.74) is -1.80. The molecule has 3 rings (SSSR count). The zero-order chi connectivity index (χ0) is 35.4. The maximum Gasteiger partial charge on any atom is 0.308 e. The predicted molar refractivity (Wildman–Crippen MR) is 160 cm³/mol. The summed E-state index contributed by atoms with van der Waals surface area (Å²) in [4.78, 5) is 86.8. The fourth-order valence-electron chi connectivity index (χ4n) is 7.47. The number of ether oxygens (including phenoxy) is 7. The van der Waals surface area contributed by atoms with Crippen LogP contribution in [0, 0.1) is 11.3 Å². The fraction of sp³-hybridized carbons (Fsp3) is 0.606. The highest BCUT2D eigenvalue weighted by Crippen LogP contribution is 2.66. The van der Waals surface area contributed by atoms with Crippen LogP contribution in [0.25, 0.3) is 0 Å². The standard InChI is InChI=1S/C33H42O14/c1-16(42-17(2)35)13-23-26(43-18(3)36)24-25(29(46-21(6)39)27(23)44-19(4)37)33(9)12-10-11-32(8,14-41-15-34)31(33)30(47-22(7)40)28(24)45-20(5)38/h15-16,28,30-31H,10-14H2,1-9H3/t16?,28?,30-,31+,32-,33-/m1/s1. The second kappa shape index (κ2) is 14.5. The highest BCUT2D eigenvalue weighted by molar-refractivity contribution is 5.81. The molecule has 0 bridgehead atoms. The zero-order valence-electron chi connectivity index (χ0n) is 28.1. The van der Waals surface area contributed by atoms with Gasteiger partial charge in [0.1, 0.15) is 18.0 Å². The van der Waals surface area contributed by atoms with Gasteiger partial charge in [-0.25, -0.2) is 0 Å². The molecule has 0 N–H and O–H groups in total. The molecule has 0 amide bonds. The molecule has 47 heavy (non-hydrogen) atoms. The number of hydrogen-bond acceptors (Lipinski definition) is 14. The number of carbonyl (C=O) groups is 7. The molecule has 258 valence electrons. The third-order valence-corrected chi connectivity index (χ3v) is 8.53. The molecule has 6 atom stereocenters. The van der Waals surface area contributed by atoms with Crippen LogP contribution < -0.4 is 14.2 Å². The minimum atomic E-state index is -1.46. The third-order valence-electron chi connectivity index (χ3n) is 8.53. The summed E-state index contributed by atoms with van der Waals surface area (Å²) in [6, 6.07) is 0. The summed E-state index contributed by atoms with van der Waals surface area (Å²) in [6.45, 7) is 12.3. The molecule has 1 aromatic rings. The van der Waals surface area contributed by atoms with E-state index in [9.17, 15) is 33.6 Å². The van der Waals surface area contributed by atoms with Gasteiger partial charge in [0, 0.05) is 81.4 Å². The molecule has 0 aliphatic heterocycles. The van der Waals surface area contributed by atoms with Gasteiger partial charge in [0.25, 0.3) is 6.47 Å². The van der Waals surface area contributed by atoms with Crippen molar-refractivity contribution in [1.82, 2.24) is 0 Å². The van der Waals surface area contributed by atoms with Gasteiger partial charge in [-0.15, -0.1) is 0 Å². The quantitative estimate of drug-likeness (QED) is 0.144. The molecular weight excluding hydrogens is 620 g/mol. The van der Waals surface area contributed by atoms with Crippen LogP contribution in [0.4, 0.5) is 0 Å². The Morgan fingerprint density at radius 1 is 0.766 bits per heavy atom. The molecule has 0 radical (unpaired) electrons. The van der Waals surface area contributed by atoms with Crippen molar-refractivity contribution in [3.8, 4) is 17.2 Å². The highest BCUT2D eigenvalue weighted by atomic mass is 16.6. The van der Waals surface area contributed by atoms with Crippen LogP contribution in [-0.2, 0) is 64.3 Å². The lowest BCUT2D eigenvalue weighted by molar-refractivity contribution is -0.193. The number of benzene rings is 1. The zero-order valence-corrected chi connectivity index (χ0v) is 28.1. The minimum absolute atomic E-state index is 0.0113. The molecule has 0 aromatic heterocycles. The van der Waals surface area contributed by atoms with Crippen LogP contribution in [-0.4, -0.2) is 61.1 Å². The first-order valence-electron chi connectivity index (χ1n) is 15.2. The Morgan fingerprint density at radius 3 is 1.83 bits per heavy atom. The summed E-state index contributed by atoms with van der Waals surface area (Å²) in [7, 11) is 0. The lowest BCUT2D eigenvalue weighted by atomic mass is 9.48. The van der Waals surface area contributed by atoms with E-state index in [1.165, 1.54) is 13.8 Å². The van der Waals surface area contributed by atoms with Crippen molar-refractivity contribution in [3.05, 3.63) is 16.7 Å². The van der Waals surface area contributed by atoms with E-state index in [2.05, 4.69) is 0 Å². The van der Waals surface area contributed by atoms with Crippen LogP contribution in [0.1, 0.15) is 104 Å². The first-order valence-corrected chi connectivity index (χ1v) is 15.2. The van der Waals surface area contributed by atoms with Crippen molar-refractivity contribution in [1.29, 1.82) is 0 Å². The Bertz CT molecular complexity index is 1460. The van der Waals surface area contributed by atoms with Crippen LogP contribution in [0.15, 0.2) is 0 Å². The Kier molecular flexibility index (Phi) is 11.4. The van der Waals surface area contributed by atoms with Crippen molar-refractivity contribution in [2.45, 2.75) is 112 Å². The molecule has 14 heteroatoms. The molecule has 2 aliphatic carbocycles. The molecule has 1 fully saturated rings. The first kappa shape index (κ1) is 37.0. The largest absolute Gasteiger partial charge is 0.467 e. The normalized spacial score (nSPS) is 25.1. The van der Waals surface area contributed by atoms with Gasteiger partial charge in [0.2, 0.25) is 0 Å². The monoisotopic (exact) mass is 662 g/mol. The second-order valence-corrected chi connectivity index (χ2v) is 12.6. The van der Waals surface area contributed by atoms with Gasteiger partial charge in [-0.1, -0.05) is 20.3 Å². The van der Waals surface area contributed by atoms with Gasteiger partial charge in [0.15, 0.2) is 17.6 Å². The van der Waals surface area contributed by atoms with Gasteiger partial charge in [-0.05, 0) is 19.8 Å². The Balaban J connectivity index is 2.68. The smallest absolute Gasteiger partial charge is 0.308 e. The Morgan fingerprint density at radius 2 is 1.32 bits per heavy atom. The van der Waals surface area contributed by atoms with Crippen molar-refractivity contribution >= 4 is 42.3 Å². The topological polar surface area (TPSA) is 184 Å². The van der Waals surface area contributed by atoms with E-state index in [0.717, 1.165) is 27.7 Å². The predicted octanol–water partition coefficient (Wildman–Crippen LogP) is 3.74. The molecule has 2 aliphatic rings. The number of hydrogen-bond donors (Lipinski definition) is 0. The molecule has 1 saturated carbocycles. The molecule has 0 saturated heterocycles. The third kappa shape index (κ3) is 7.91. The van der Waals surface area contributed by atoms with Crippen LogP contribution >= 0.6 is 0 Å². The molecule has 2 unspecified atom stereocenters. The summed E-state index contributed by atoms with van der Waals surface area (Å²) >= 11 is 0. The Labute approximate surface area is 272 Å². The second-order valence-electron chi connectivity index (χ2n) is 12.6. The van der Waals surface area contributed by atoms with Gasteiger partial charge < -0.3 is 33.2 Å². The summed E-state index contributed by atoms with van der Waals surface area (Å²) in [6.07, 6.45) is -2.38. The average molecular weight is 663 g/mol. The maximum absolute atomic E-state index is 12.8. The summed E-state index contributed by atoms with van der Waals surface area (Å²) in [5, 5.41) is 0. The lowest BCUT2D eigenvalue weighted by Crippen LogP contribution is -2.59. The van der Waals surface area contributed by atoms with Crippen molar-refractivity contribution in [2.75, 3.05) is 6.61 Å². The van der Waals surface area contributed by atoms with Crippen molar-refractivity contribution < 1.29 is 66.7 Å². The number of fused-ring (bicyclic) bond motifs is 3. The highest BCUT2D eigenvalue weighted by Gasteiger charge is 2.63. The average Bonchev–Trinajstić information content (AvgIpc) is 2.91. The molecule has 0 spiro atoms. The molecule has 0 heterocycles. The van der Waals surface area contributed by atoms with Crippen LogP contribution in [0.3, 0.4) is 0 Å². The van der Waals surface area contributed by atoms with Crippen LogP contribution in [0.2, 0.25) is 0 Å². The van der Waals surface area contributed by atoms with Gasteiger partial charge in [-0.2, -0.15) is 0 Å².